The summed E-state index contributed by atoms with van der Waals surface area (Å²) >= 11 is 0. The van der Waals surface area contributed by atoms with Gasteiger partial charge in [-0.2, -0.15) is 0 Å². The highest BCUT2D eigenvalue weighted by Crippen LogP contribution is 2.50. The highest BCUT2D eigenvalue weighted by atomic mass is 16.7. The van der Waals surface area contributed by atoms with Crippen LogP contribution in [0.5, 0.6) is 0 Å². The Kier molecular flexibility index (Phi) is 5.03. The molecule has 0 N–H and O–H groups in total. The number of hydrogen-bond donors (Lipinski definition) is 0. The van der Waals surface area contributed by atoms with E-state index in [-0.39, 0.29) is 29.6 Å². The minimum Gasteiger partial charge on any atom is -0.403 e. The molecule has 4 rings (SSSR count). The zero-order valence-electron chi connectivity index (χ0n) is 20.2. The molecule has 2 unspecified atom stereocenters. The molecule has 1 saturated heterocycles. The maximum atomic E-state index is 6.35. The Morgan fingerprint density at radius 1 is 0.767 bits per heavy atom. The quantitative estimate of drug-likeness (QED) is 0.500. The first-order valence-electron chi connectivity index (χ1n) is 11.5. The first-order chi connectivity index (χ1) is 13.9. The molecule has 1 fully saturated rings. The van der Waals surface area contributed by atoms with Crippen molar-refractivity contribution >= 4 is 7.12 Å². The Balaban J connectivity index is 1.70. The average Bonchev–Trinajstić information content (AvgIpc) is 3.06. The van der Waals surface area contributed by atoms with Crippen molar-refractivity contribution in [3.63, 3.8) is 0 Å². The van der Waals surface area contributed by atoms with Crippen molar-refractivity contribution in [1.29, 1.82) is 0 Å². The van der Waals surface area contributed by atoms with Gasteiger partial charge in [-0.3, -0.25) is 0 Å². The molecule has 2 aromatic rings. The van der Waals surface area contributed by atoms with Crippen molar-refractivity contribution in [1.82, 2.24) is 0 Å². The predicted molar refractivity (Wildman–Crippen MR) is 127 cm³/mol. The van der Waals surface area contributed by atoms with Crippen LogP contribution in [0.3, 0.4) is 0 Å². The Hall–Kier alpha value is -1.58. The van der Waals surface area contributed by atoms with Gasteiger partial charge in [-0.15, -0.1) is 0 Å². The summed E-state index contributed by atoms with van der Waals surface area (Å²) in [5.74, 6) is 0.764. The number of benzene rings is 2. The smallest absolute Gasteiger partial charge is 0.403 e. The molecule has 0 saturated carbocycles. The van der Waals surface area contributed by atoms with Gasteiger partial charge in [0.1, 0.15) is 0 Å². The summed E-state index contributed by atoms with van der Waals surface area (Å²) in [7, 11) is -0.225. The molecule has 2 atom stereocenters. The molecule has 0 aromatic heterocycles. The minimum atomic E-state index is -0.301. The molecule has 160 valence electrons. The van der Waals surface area contributed by atoms with E-state index in [1.807, 2.05) is 0 Å². The van der Waals surface area contributed by atoms with Crippen LogP contribution in [0.1, 0.15) is 103 Å². The third-order valence-corrected chi connectivity index (χ3v) is 8.11. The molecule has 2 aliphatic rings. The third-order valence-electron chi connectivity index (χ3n) is 8.11. The van der Waals surface area contributed by atoms with Gasteiger partial charge in [-0.05, 0) is 73.4 Å². The van der Waals surface area contributed by atoms with Crippen LogP contribution >= 0.6 is 0 Å². The molecule has 2 nitrogen and oxygen atoms in total. The van der Waals surface area contributed by atoms with E-state index >= 15 is 0 Å². The third kappa shape index (κ3) is 3.17. The molecule has 0 radical (unpaired) electrons. The normalized spacial score (nSPS) is 22.5. The van der Waals surface area contributed by atoms with Crippen molar-refractivity contribution in [2.24, 2.45) is 0 Å². The van der Waals surface area contributed by atoms with E-state index in [1.165, 1.54) is 39.8 Å². The first-order valence-corrected chi connectivity index (χ1v) is 11.5. The molecule has 0 amide bonds. The minimum absolute atomic E-state index is 0.000198. The second-order valence-electron chi connectivity index (χ2n) is 11.0. The number of fused-ring (bicyclic) bond motifs is 3. The Morgan fingerprint density at radius 3 is 1.73 bits per heavy atom. The van der Waals surface area contributed by atoms with Crippen LogP contribution < -0.4 is 0 Å². The first kappa shape index (κ1) is 21.6. The highest BCUT2D eigenvalue weighted by Gasteiger charge is 2.53. The molecule has 2 aromatic carbocycles. The lowest BCUT2D eigenvalue weighted by Gasteiger charge is -2.32. The Morgan fingerprint density at radius 2 is 1.23 bits per heavy atom. The van der Waals surface area contributed by atoms with Gasteiger partial charge in [-0.25, -0.2) is 0 Å². The van der Waals surface area contributed by atoms with E-state index in [1.54, 1.807) is 0 Å². The monoisotopic (exact) mass is 404 g/mol. The molecule has 1 aliphatic heterocycles. The average molecular weight is 404 g/mol. The second-order valence-corrected chi connectivity index (χ2v) is 11.0. The van der Waals surface area contributed by atoms with Gasteiger partial charge in [0.2, 0.25) is 0 Å². The fraction of sp³-hybridized carbons (Fsp3) is 0.556. The van der Waals surface area contributed by atoms with E-state index < -0.39 is 0 Å². The summed E-state index contributed by atoms with van der Waals surface area (Å²) in [5.41, 5.74) is 7.76. The lowest BCUT2D eigenvalue weighted by Crippen LogP contribution is -2.41. The second kappa shape index (κ2) is 6.97. The van der Waals surface area contributed by atoms with Crippen LogP contribution in [0.4, 0.5) is 0 Å². The maximum Gasteiger partial charge on any atom is 0.465 e. The molecule has 1 aliphatic carbocycles. The van der Waals surface area contributed by atoms with Crippen molar-refractivity contribution in [2.45, 2.75) is 97.1 Å². The maximum absolute atomic E-state index is 6.35. The topological polar surface area (TPSA) is 18.5 Å². The highest BCUT2D eigenvalue weighted by molar-refractivity contribution is 6.47. The van der Waals surface area contributed by atoms with Crippen molar-refractivity contribution in [2.75, 3.05) is 0 Å². The van der Waals surface area contributed by atoms with Crippen molar-refractivity contribution in [3.05, 3.63) is 58.7 Å². The summed E-state index contributed by atoms with van der Waals surface area (Å²) in [6.07, 6.45) is 1.17. The van der Waals surface area contributed by atoms with E-state index in [4.69, 9.17) is 9.31 Å². The van der Waals surface area contributed by atoms with Crippen LogP contribution in [0.15, 0.2) is 36.4 Å². The fourth-order valence-electron chi connectivity index (χ4n) is 4.85. The Bertz CT molecular complexity index is 957. The fourth-order valence-corrected chi connectivity index (χ4v) is 4.85. The van der Waals surface area contributed by atoms with Gasteiger partial charge in [0.05, 0.1) is 11.2 Å². The molecular weight excluding hydrogens is 367 g/mol. The Labute approximate surface area is 183 Å². The van der Waals surface area contributed by atoms with E-state index in [2.05, 4.69) is 98.7 Å². The standard InChI is InChI=1S/C27H37BO2/c1-10-17(2)19-11-13-21-22-14-12-20(16-24(22)25(4,5)23(21)15-19)18(3)28-29-26(6,7)27(8,9)30-28/h11-18H,10H2,1-9H3. The molecule has 0 spiro atoms. The number of rotatable bonds is 4. The van der Waals surface area contributed by atoms with Crippen LogP contribution in [-0.4, -0.2) is 18.3 Å². The summed E-state index contributed by atoms with van der Waals surface area (Å²) in [6, 6.07) is 14.1. The van der Waals surface area contributed by atoms with E-state index in [0.717, 1.165) is 0 Å². The molecular formula is C27H37BO2. The van der Waals surface area contributed by atoms with Crippen molar-refractivity contribution < 1.29 is 9.31 Å². The van der Waals surface area contributed by atoms with Gasteiger partial charge in [0.15, 0.2) is 0 Å². The zero-order chi connectivity index (χ0) is 22.1. The van der Waals surface area contributed by atoms with Crippen LogP contribution in [0, 0.1) is 0 Å². The number of hydrogen-bond acceptors (Lipinski definition) is 2. The van der Waals surface area contributed by atoms with Gasteiger partial charge >= 0.3 is 7.12 Å². The predicted octanol–water partition coefficient (Wildman–Crippen LogP) is 7.24. The molecule has 3 heteroatoms. The lowest BCUT2D eigenvalue weighted by atomic mass is 9.68. The summed E-state index contributed by atoms with van der Waals surface area (Å²) in [4.78, 5) is 0. The molecule has 30 heavy (non-hydrogen) atoms. The van der Waals surface area contributed by atoms with Crippen LogP contribution in [0.25, 0.3) is 11.1 Å². The largest absolute Gasteiger partial charge is 0.465 e. The van der Waals surface area contributed by atoms with Crippen LogP contribution in [-0.2, 0) is 14.7 Å². The van der Waals surface area contributed by atoms with Gasteiger partial charge in [0, 0.05) is 11.2 Å². The van der Waals surface area contributed by atoms with E-state index in [0.29, 0.717) is 5.92 Å². The van der Waals surface area contributed by atoms with Gasteiger partial charge < -0.3 is 9.31 Å². The summed E-state index contributed by atoms with van der Waals surface area (Å²) < 4.78 is 12.7. The summed E-state index contributed by atoms with van der Waals surface area (Å²) in [6.45, 7) is 20.0. The van der Waals surface area contributed by atoms with Gasteiger partial charge in [-0.1, -0.05) is 71.0 Å². The lowest BCUT2D eigenvalue weighted by molar-refractivity contribution is 0.00578. The van der Waals surface area contributed by atoms with Crippen LogP contribution in [0.2, 0.25) is 0 Å². The zero-order valence-corrected chi connectivity index (χ0v) is 20.2. The van der Waals surface area contributed by atoms with Crippen molar-refractivity contribution in [3.8, 4) is 11.1 Å². The molecule has 0 bridgehead atoms. The van der Waals surface area contributed by atoms with E-state index in [9.17, 15) is 0 Å². The molecule has 1 heterocycles. The van der Waals surface area contributed by atoms with Gasteiger partial charge in [0.25, 0.3) is 0 Å². The summed E-state index contributed by atoms with van der Waals surface area (Å²) in [5, 5.41) is 0. The SMILES string of the molecule is CCC(C)c1ccc2c(c1)C(C)(C)c1cc(C(C)B3OC(C)(C)C(C)(C)O3)ccc1-2.